The van der Waals surface area contributed by atoms with Crippen molar-refractivity contribution < 1.29 is 9.53 Å². The molecule has 0 saturated carbocycles. The van der Waals surface area contributed by atoms with Gasteiger partial charge in [0.15, 0.2) is 5.78 Å². The van der Waals surface area contributed by atoms with Crippen LogP contribution < -0.4 is 4.74 Å². The molecule has 0 bridgehead atoms. The molecular weight excluding hydrogens is 296 g/mol. The number of Topliss-reactive ketones (excluding diaryl/α,β-unsaturated/α-hetero) is 1. The summed E-state index contributed by atoms with van der Waals surface area (Å²) in [5.41, 5.74) is 2.24. The Kier molecular flexibility index (Phi) is 4.89. The molecule has 0 amide bonds. The van der Waals surface area contributed by atoms with E-state index < -0.39 is 0 Å². The van der Waals surface area contributed by atoms with Gasteiger partial charge in [-0.1, -0.05) is 65.0 Å². The molecule has 1 aliphatic carbocycles. The van der Waals surface area contributed by atoms with Gasteiger partial charge >= 0.3 is 0 Å². The summed E-state index contributed by atoms with van der Waals surface area (Å²) in [5, 5.41) is 0. The van der Waals surface area contributed by atoms with Gasteiger partial charge in [-0.25, -0.2) is 0 Å². The second-order valence-corrected chi connectivity index (χ2v) is 7.97. The monoisotopic (exact) mass is 324 g/mol. The van der Waals surface area contributed by atoms with Gasteiger partial charge in [0.1, 0.15) is 5.75 Å². The third-order valence-corrected chi connectivity index (χ3v) is 4.67. The molecular formula is C22H28O2. The van der Waals surface area contributed by atoms with Crippen LogP contribution in [-0.4, -0.2) is 12.9 Å². The molecule has 2 rings (SSSR count). The first-order valence-electron chi connectivity index (χ1n) is 8.37. The summed E-state index contributed by atoms with van der Waals surface area (Å²) in [4.78, 5) is 13.1. The Morgan fingerprint density at radius 3 is 2.25 bits per heavy atom. The number of rotatable bonds is 4. The molecule has 1 atom stereocenters. The lowest BCUT2D eigenvalue weighted by atomic mass is 9.69. The first-order valence-corrected chi connectivity index (χ1v) is 8.37. The molecule has 0 heterocycles. The number of methoxy groups -OCH3 is 1. The standard InChI is InChI=1S/C22H28O2/c1-8-22(5,6)19-14-16(13-18(20(19)23)21(2,3)4)15-10-9-11-17(12-15)24-7/h8-14,16H,1H2,2-7H3. The highest BCUT2D eigenvalue weighted by Crippen LogP contribution is 2.42. The maximum absolute atomic E-state index is 13.1. The minimum atomic E-state index is -0.362. The molecule has 1 aromatic carbocycles. The normalized spacial score (nSPS) is 18.8. The van der Waals surface area contributed by atoms with Crippen molar-refractivity contribution in [2.45, 2.75) is 40.5 Å². The Morgan fingerprint density at radius 2 is 1.71 bits per heavy atom. The molecule has 128 valence electrons. The highest BCUT2D eigenvalue weighted by molar-refractivity contribution is 6.11. The summed E-state index contributed by atoms with van der Waals surface area (Å²) >= 11 is 0. The molecule has 2 nitrogen and oxygen atoms in total. The van der Waals surface area contributed by atoms with E-state index in [1.807, 2.05) is 38.1 Å². The fourth-order valence-corrected chi connectivity index (χ4v) is 2.95. The van der Waals surface area contributed by atoms with Crippen LogP contribution in [0.5, 0.6) is 5.75 Å². The van der Waals surface area contributed by atoms with E-state index in [9.17, 15) is 4.79 Å². The molecule has 0 aromatic heterocycles. The molecule has 0 fully saturated rings. The van der Waals surface area contributed by atoms with Gasteiger partial charge in [0, 0.05) is 22.5 Å². The Balaban J connectivity index is 2.61. The first kappa shape index (κ1) is 18.3. The van der Waals surface area contributed by atoms with E-state index in [4.69, 9.17) is 4.74 Å². The molecule has 0 N–H and O–H groups in total. The van der Waals surface area contributed by atoms with Gasteiger partial charge in [-0.2, -0.15) is 0 Å². The van der Waals surface area contributed by atoms with Crippen LogP contribution in [0.1, 0.15) is 46.1 Å². The van der Waals surface area contributed by atoms with Crippen molar-refractivity contribution in [3.05, 3.63) is 65.8 Å². The number of hydrogen-bond donors (Lipinski definition) is 0. The fraction of sp³-hybridized carbons (Fsp3) is 0.409. The summed E-state index contributed by atoms with van der Waals surface area (Å²) in [6, 6.07) is 8.03. The number of hydrogen-bond acceptors (Lipinski definition) is 2. The maximum atomic E-state index is 13.1. The lowest BCUT2D eigenvalue weighted by Crippen LogP contribution is -2.29. The molecule has 0 saturated heterocycles. The zero-order valence-electron chi connectivity index (χ0n) is 15.6. The molecule has 1 aromatic rings. The predicted octanol–water partition coefficient (Wildman–Crippen LogP) is 5.47. The SMILES string of the molecule is C=CC(C)(C)C1=CC(c2cccc(OC)c2)C=C(C(C)(C)C)C1=O. The molecule has 0 aliphatic heterocycles. The van der Waals surface area contributed by atoms with Crippen LogP contribution >= 0.6 is 0 Å². The van der Waals surface area contributed by atoms with Crippen LogP contribution in [0.15, 0.2) is 60.2 Å². The summed E-state index contributed by atoms with van der Waals surface area (Å²) in [5.74, 6) is 1.01. The van der Waals surface area contributed by atoms with E-state index in [-0.39, 0.29) is 22.5 Å². The second kappa shape index (κ2) is 6.43. The van der Waals surface area contributed by atoms with E-state index in [0.717, 1.165) is 22.5 Å². The smallest absolute Gasteiger partial charge is 0.185 e. The number of benzene rings is 1. The van der Waals surface area contributed by atoms with Crippen LogP contribution in [0.3, 0.4) is 0 Å². The van der Waals surface area contributed by atoms with Crippen LogP contribution in [0.2, 0.25) is 0 Å². The summed E-state index contributed by atoms with van der Waals surface area (Å²) in [7, 11) is 1.67. The van der Waals surface area contributed by atoms with E-state index >= 15 is 0 Å². The second-order valence-electron chi connectivity index (χ2n) is 7.97. The molecule has 2 heteroatoms. The third-order valence-electron chi connectivity index (χ3n) is 4.67. The molecule has 24 heavy (non-hydrogen) atoms. The Bertz CT molecular complexity index is 712. The van der Waals surface area contributed by atoms with Crippen molar-refractivity contribution in [2.24, 2.45) is 10.8 Å². The maximum Gasteiger partial charge on any atom is 0.185 e. The number of ketones is 1. The van der Waals surface area contributed by atoms with Gasteiger partial charge in [-0.15, -0.1) is 6.58 Å². The van der Waals surface area contributed by atoms with E-state index in [1.165, 1.54) is 0 Å². The average molecular weight is 324 g/mol. The highest BCUT2D eigenvalue weighted by atomic mass is 16.5. The molecule has 0 spiro atoms. The number of ether oxygens (including phenoxy) is 1. The van der Waals surface area contributed by atoms with Crippen LogP contribution in [-0.2, 0) is 4.79 Å². The van der Waals surface area contributed by atoms with Gasteiger partial charge in [0.25, 0.3) is 0 Å². The quantitative estimate of drug-likeness (QED) is 0.686. The first-order chi connectivity index (χ1) is 11.1. The lowest BCUT2D eigenvalue weighted by molar-refractivity contribution is -0.114. The lowest BCUT2D eigenvalue weighted by Gasteiger charge is -2.33. The zero-order chi connectivity index (χ0) is 18.1. The minimum absolute atomic E-state index is 0.0567. The summed E-state index contributed by atoms with van der Waals surface area (Å²) in [6.45, 7) is 14.3. The van der Waals surface area contributed by atoms with Crippen LogP contribution in [0.4, 0.5) is 0 Å². The molecule has 1 aliphatic rings. The van der Waals surface area contributed by atoms with Crippen molar-refractivity contribution in [1.82, 2.24) is 0 Å². The van der Waals surface area contributed by atoms with Crippen LogP contribution in [0.25, 0.3) is 0 Å². The Morgan fingerprint density at radius 1 is 1.08 bits per heavy atom. The van der Waals surface area contributed by atoms with Crippen molar-refractivity contribution >= 4 is 5.78 Å². The van der Waals surface area contributed by atoms with E-state index in [0.29, 0.717) is 0 Å². The van der Waals surface area contributed by atoms with Crippen molar-refractivity contribution in [1.29, 1.82) is 0 Å². The number of allylic oxidation sites excluding steroid dienone is 5. The van der Waals surface area contributed by atoms with Gasteiger partial charge in [-0.05, 0) is 23.1 Å². The van der Waals surface area contributed by atoms with Crippen molar-refractivity contribution in [2.75, 3.05) is 7.11 Å². The predicted molar refractivity (Wildman–Crippen MR) is 100 cm³/mol. The molecule has 0 radical (unpaired) electrons. The number of carbonyl (C=O) groups excluding carboxylic acids is 1. The van der Waals surface area contributed by atoms with Gasteiger partial charge < -0.3 is 4.74 Å². The van der Waals surface area contributed by atoms with Crippen molar-refractivity contribution in [3.8, 4) is 5.75 Å². The topological polar surface area (TPSA) is 26.3 Å². The number of carbonyl (C=O) groups is 1. The molecule has 1 unspecified atom stereocenters. The summed E-state index contributed by atoms with van der Waals surface area (Å²) < 4.78 is 5.35. The fourth-order valence-electron chi connectivity index (χ4n) is 2.95. The van der Waals surface area contributed by atoms with Gasteiger partial charge in [0.05, 0.1) is 7.11 Å². The summed E-state index contributed by atoms with van der Waals surface area (Å²) in [6.07, 6.45) is 6.03. The third kappa shape index (κ3) is 3.53. The Hall–Kier alpha value is -2.09. The largest absolute Gasteiger partial charge is 0.497 e. The van der Waals surface area contributed by atoms with E-state index in [1.54, 1.807) is 7.11 Å². The van der Waals surface area contributed by atoms with E-state index in [2.05, 4.69) is 45.6 Å². The Labute approximate surface area is 145 Å². The highest BCUT2D eigenvalue weighted by Gasteiger charge is 2.36. The van der Waals surface area contributed by atoms with Gasteiger partial charge in [0.2, 0.25) is 0 Å². The van der Waals surface area contributed by atoms with Crippen molar-refractivity contribution in [3.63, 3.8) is 0 Å². The van der Waals surface area contributed by atoms with Crippen LogP contribution in [0, 0.1) is 10.8 Å². The average Bonchev–Trinajstić information content (AvgIpc) is 2.53. The minimum Gasteiger partial charge on any atom is -0.497 e. The zero-order valence-corrected chi connectivity index (χ0v) is 15.6. The van der Waals surface area contributed by atoms with Gasteiger partial charge in [-0.3, -0.25) is 4.79 Å².